The number of carbonyl (C=O) groups excluding carboxylic acids is 1. The summed E-state index contributed by atoms with van der Waals surface area (Å²) < 4.78 is 0. The van der Waals surface area contributed by atoms with E-state index in [-0.39, 0.29) is 11.9 Å². The van der Waals surface area contributed by atoms with Gasteiger partial charge in [0.2, 0.25) is 0 Å². The molecule has 1 amide bonds. The van der Waals surface area contributed by atoms with Crippen molar-refractivity contribution in [3.05, 3.63) is 27.3 Å². The summed E-state index contributed by atoms with van der Waals surface area (Å²) in [6, 6.07) is 4.15. The molecular formula is C14H20N4OS2. The molecule has 1 atom stereocenters. The van der Waals surface area contributed by atoms with Crippen molar-refractivity contribution in [3.8, 4) is 0 Å². The summed E-state index contributed by atoms with van der Waals surface area (Å²) in [5.74, 6) is 0.137. The number of thiazole rings is 1. The van der Waals surface area contributed by atoms with Crippen molar-refractivity contribution in [2.45, 2.75) is 32.7 Å². The van der Waals surface area contributed by atoms with Gasteiger partial charge in [-0.1, -0.05) is 24.3 Å². The van der Waals surface area contributed by atoms with Gasteiger partial charge < -0.3 is 16.4 Å². The molecule has 0 fully saturated rings. The number of hydrogen-bond acceptors (Lipinski definition) is 6. The van der Waals surface area contributed by atoms with Crippen molar-refractivity contribution in [2.75, 3.05) is 17.6 Å². The standard InChI is InChI=1S/C14H20N4OS2/c1-3-6-16-14-18-12(15)11(21-14)13(19)17-9(2)8-10-5-4-7-20-10/h4-5,7,9H,3,6,8,15H2,1-2H3,(H,16,18)(H,17,19). The van der Waals surface area contributed by atoms with Crippen LogP contribution in [0, 0.1) is 0 Å². The largest absolute Gasteiger partial charge is 0.382 e. The van der Waals surface area contributed by atoms with E-state index in [1.165, 1.54) is 16.2 Å². The molecule has 5 nitrogen and oxygen atoms in total. The van der Waals surface area contributed by atoms with Crippen LogP contribution >= 0.6 is 22.7 Å². The van der Waals surface area contributed by atoms with Crippen LogP contribution < -0.4 is 16.4 Å². The Morgan fingerprint density at radius 3 is 3.00 bits per heavy atom. The number of nitrogens with zero attached hydrogens (tertiary/aromatic N) is 1. The Bertz CT molecular complexity index is 580. The second-order valence-corrected chi connectivity index (χ2v) is 6.85. The zero-order chi connectivity index (χ0) is 15.2. The highest BCUT2D eigenvalue weighted by Gasteiger charge is 2.18. The van der Waals surface area contributed by atoms with Crippen LogP contribution in [0.25, 0.3) is 0 Å². The molecule has 2 aromatic heterocycles. The van der Waals surface area contributed by atoms with E-state index in [0.717, 1.165) is 19.4 Å². The third-order valence-corrected chi connectivity index (χ3v) is 4.78. The predicted molar refractivity (Wildman–Crippen MR) is 90.3 cm³/mol. The first kappa shape index (κ1) is 15.8. The smallest absolute Gasteiger partial charge is 0.265 e. The van der Waals surface area contributed by atoms with Crippen LogP contribution in [-0.2, 0) is 6.42 Å². The molecule has 0 spiro atoms. The van der Waals surface area contributed by atoms with Gasteiger partial charge in [-0.25, -0.2) is 4.98 Å². The number of anilines is 2. The molecule has 0 saturated carbocycles. The highest BCUT2D eigenvalue weighted by molar-refractivity contribution is 7.18. The van der Waals surface area contributed by atoms with Gasteiger partial charge in [-0.15, -0.1) is 11.3 Å². The second-order valence-electron chi connectivity index (χ2n) is 4.82. The normalized spacial score (nSPS) is 12.1. The summed E-state index contributed by atoms with van der Waals surface area (Å²) in [5.41, 5.74) is 5.83. The lowest BCUT2D eigenvalue weighted by Crippen LogP contribution is -2.33. The topological polar surface area (TPSA) is 80.0 Å². The van der Waals surface area contributed by atoms with Gasteiger partial charge in [-0.05, 0) is 24.8 Å². The Hall–Kier alpha value is -1.60. The third-order valence-electron chi connectivity index (χ3n) is 2.85. The molecule has 0 saturated heterocycles. The van der Waals surface area contributed by atoms with Gasteiger partial charge in [0.25, 0.3) is 5.91 Å². The molecule has 114 valence electrons. The number of nitrogen functional groups attached to an aromatic ring is 1. The van der Waals surface area contributed by atoms with E-state index in [1.807, 2.05) is 18.4 Å². The van der Waals surface area contributed by atoms with E-state index >= 15 is 0 Å². The van der Waals surface area contributed by atoms with Crippen LogP contribution in [0.15, 0.2) is 17.5 Å². The highest BCUT2D eigenvalue weighted by Crippen LogP contribution is 2.25. The first-order valence-electron chi connectivity index (χ1n) is 6.93. The minimum Gasteiger partial charge on any atom is -0.382 e. The summed E-state index contributed by atoms with van der Waals surface area (Å²) in [6.07, 6.45) is 1.82. The molecule has 0 bridgehead atoms. The summed E-state index contributed by atoms with van der Waals surface area (Å²) in [7, 11) is 0. The molecule has 0 aromatic carbocycles. The van der Waals surface area contributed by atoms with Gasteiger partial charge >= 0.3 is 0 Å². The third kappa shape index (κ3) is 4.44. The summed E-state index contributed by atoms with van der Waals surface area (Å²) in [4.78, 5) is 18.2. The maximum Gasteiger partial charge on any atom is 0.265 e. The summed E-state index contributed by atoms with van der Waals surface area (Å²) >= 11 is 3.00. The minimum atomic E-state index is -0.154. The van der Waals surface area contributed by atoms with Gasteiger partial charge in [-0.2, -0.15) is 0 Å². The molecule has 7 heteroatoms. The van der Waals surface area contributed by atoms with Gasteiger partial charge in [0.1, 0.15) is 10.7 Å². The molecule has 2 heterocycles. The molecular weight excluding hydrogens is 304 g/mol. The van der Waals surface area contributed by atoms with Crippen LogP contribution in [-0.4, -0.2) is 23.5 Å². The molecule has 1 unspecified atom stereocenters. The van der Waals surface area contributed by atoms with E-state index in [0.29, 0.717) is 15.8 Å². The molecule has 2 aromatic rings. The highest BCUT2D eigenvalue weighted by atomic mass is 32.1. The lowest BCUT2D eigenvalue weighted by molar-refractivity contribution is 0.0945. The molecule has 0 aliphatic carbocycles. The number of carbonyl (C=O) groups is 1. The first-order chi connectivity index (χ1) is 10.1. The fourth-order valence-electron chi connectivity index (χ4n) is 1.87. The van der Waals surface area contributed by atoms with Gasteiger partial charge in [-0.3, -0.25) is 4.79 Å². The zero-order valence-corrected chi connectivity index (χ0v) is 13.8. The van der Waals surface area contributed by atoms with E-state index in [4.69, 9.17) is 5.73 Å². The monoisotopic (exact) mass is 324 g/mol. The molecule has 21 heavy (non-hydrogen) atoms. The molecule has 0 radical (unpaired) electrons. The van der Waals surface area contributed by atoms with Crippen molar-refractivity contribution in [2.24, 2.45) is 0 Å². The quantitative estimate of drug-likeness (QED) is 0.731. The molecule has 0 aliphatic rings. The van der Waals surface area contributed by atoms with Gasteiger partial charge in [0.05, 0.1) is 0 Å². The van der Waals surface area contributed by atoms with E-state index in [2.05, 4.69) is 28.6 Å². The fraction of sp³-hybridized carbons (Fsp3) is 0.429. The Kier molecular flexibility index (Phi) is 5.58. The van der Waals surface area contributed by atoms with Crippen LogP contribution in [0.5, 0.6) is 0 Å². The lowest BCUT2D eigenvalue weighted by Gasteiger charge is -2.12. The van der Waals surface area contributed by atoms with E-state index < -0.39 is 0 Å². The van der Waals surface area contributed by atoms with Crippen LogP contribution in [0.1, 0.15) is 34.8 Å². The Labute approximate surface area is 132 Å². The Morgan fingerprint density at radius 1 is 1.52 bits per heavy atom. The average molecular weight is 324 g/mol. The lowest BCUT2D eigenvalue weighted by atomic mass is 10.2. The molecule has 0 aliphatic heterocycles. The number of amides is 1. The SMILES string of the molecule is CCCNc1nc(N)c(C(=O)NC(C)Cc2cccs2)s1. The summed E-state index contributed by atoms with van der Waals surface area (Å²) in [6.45, 7) is 4.89. The number of aromatic nitrogens is 1. The number of hydrogen-bond donors (Lipinski definition) is 3. The van der Waals surface area contributed by atoms with Crippen molar-refractivity contribution < 1.29 is 4.79 Å². The van der Waals surface area contributed by atoms with E-state index in [1.54, 1.807) is 11.3 Å². The van der Waals surface area contributed by atoms with Gasteiger partial charge in [0, 0.05) is 23.9 Å². The number of rotatable bonds is 7. The van der Waals surface area contributed by atoms with E-state index in [9.17, 15) is 4.79 Å². The fourth-order valence-corrected chi connectivity index (χ4v) is 3.52. The second kappa shape index (κ2) is 7.42. The zero-order valence-electron chi connectivity index (χ0n) is 12.2. The predicted octanol–water partition coefficient (Wildman–Crippen LogP) is 2.97. The molecule has 4 N–H and O–H groups in total. The number of nitrogens with two attached hydrogens (primary N) is 1. The number of thiophene rings is 1. The van der Waals surface area contributed by atoms with Crippen molar-refractivity contribution >= 4 is 39.5 Å². The summed E-state index contributed by atoms with van der Waals surface area (Å²) in [5, 5.41) is 8.86. The van der Waals surface area contributed by atoms with Crippen molar-refractivity contribution in [1.82, 2.24) is 10.3 Å². The maximum absolute atomic E-state index is 12.2. The number of nitrogens with one attached hydrogen (secondary N) is 2. The van der Waals surface area contributed by atoms with Crippen molar-refractivity contribution in [3.63, 3.8) is 0 Å². The first-order valence-corrected chi connectivity index (χ1v) is 8.63. The minimum absolute atomic E-state index is 0.0599. The van der Waals surface area contributed by atoms with Gasteiger partial charge in [0.15, 0.2) is 5.13 Å². The Balaban J connectivity index is 1.94. The van der Waals surface area contributed by atoms with Crippen LogP contribution in [0.4, 0.5) is 10.9 Å². The van der Waals surface area contributed by atoms with Crippen LogP contribution in [0.2, 0.25) is 0 Å². The van der Waals surface area contributed by atoms with Crippen molar-refractivity contribution in [1.29, 1.82) is 0 Å². The Morgan fingerprint density at radius 2 is 2.33 bits per heavy atom. The van der Waals surface area contributed by atoms with Crippen LogP contribution in [0.3, 0.4) is 0 Å². The maximum atomic E-state index is 12.2. The molecule has 2 rings (SSSR count). The average Bonchev–Trinajstić information content (AvgIpc) is 3.05.